The first kappa shape index (κ1) is 22.4. The van der Waals surface area contributed by atoms with Gasteiger partial charge in [-0.15, -0.1) is 0 Å². The molecule has 33 heavy (non-hydrogen) atoms. The lowest BCUT2D eigenvalue weighted by Gasteiger charge is -2.32. The third kappa shape index (κ3) is 5.92. The molecule has 4 rings (SSSR count). The minimum atomic E-state index is -0.720. The smallest absolute Gasteiger partial charge is 0.408 e. The minimum absolute atomic E-state index is 0.121. The van der Waals surface area contributed by atoms with Crippen molar-refractivity contribution in [3.63, 3.8) is 0 Å². The lowest BCUT2D eigenvalue weighted by Crippen LogP contribution is -2.51. The van der Waals surface area contributed by atoms with Crippen molar-refractivity contribution in [1.82, 2.24) is 10.2 Å². The fourth-order valence-corrected chi connectivity index (χ4v) is 4.03. The van der Waals surface area contributed by atoms with Crippen LogP contribution in [0.5, 0.6) is 5.75 Å². The van der Waals surface area contributed by atoms with Crippen molar-refractivity contribution in [1.29, 1.82) is 0 Å². The number of carbonyl (C=O) groups excluding carboxylic acids is 2. The van der Waals surface area contributed by atoms with Crippen LogP contribution in [0.25, 0.3) is 0 Å². The van der Waals surface area contributed by atoms with E-state index >= 15 is 0 Å². The molecule has 1 aliphatic heterocycles. The zero-order chi connectivity index (χ0) is 23.0. The molecule has 170 valence electrons. The van der Waals surface area contributed by atoms with Gasteiger partial charge in [-0.2, -0.15) is 0 Å². The largest absolute Gasteiger partial charge is 0.497 e. The molecule has 6 nitrogen and oxygen atoms in total. The molecule has 1 heterocycles. The number of ether oxygens (including phenoxy) is 2. The molecular formula is C27H28N2O4. The van der Waals surface area contributed by atoms with Crippen molar-refractivity contribution < 1.29 is 19.1 Å². The maximum absolute atomic E-state index is 13.5. The molecule has 0 spiro atoms. The molecule has 1 unspecified atom stereocenters. The van der Waals surface area contributed by atoms with Gasteiger partial charge in [0.15, 0.2) is 0 Å². The second-order valence-electron chi connectivity index (χ2n) is 8.09. The van der Waals surface area contributed by atoms with E-state index in [1.165, 1.54) is 5.56 Å². The van der Waals surface area contributed by atoms with Gasteiger partial charge in [-0.3, -0.25) is 4.79 Å². The average molecular weight is 445 g/mol. The van der Waals surface area contributed by atoms with Gasteiger partial charge in [-0.05, 0) is 40.8 Å². The lowest BCUT2D eigenvalue weighted by atomic mass is 9.98. The standard InChI is InChI=1S/C27H28N2O4/c1-32-24-13-12-22-14-15-29(18-23(22)17-24)26(30)25(16-20-8-4-2-5-9-20)28-27(31)33-19-21-10-6-3-7-11-21/h2-13,17,25H,14-16,18-19H2,1H3,(H,28,31). The van der Waals surface area contributed by atoms with Gasteiger partial charge in [0.2, 0.25) is 5.91 Å². The first-order valence-corrected chi connectivity index (χ1v) is 11.1. The van der Waals surface area contributed by atoms with Crippen LogP contribution in [-0.4, -0.2) is 36.6 Å². The van der Waals surface area contributed by atoms with E-state index in [9.17, 15) is 9.59 Å². The summed E-state index contributed by atoms with van der Waals surface area (Å²) in [4.78, 5) is 27.9. The van der Waals surface area contributed by atoms with Crippen molar-refractivity contribution in [2.75, 3.05) is 13.7 Å². The first-order valence-electron chi connectivity index (χ1n) is 11.1. The molecule has 0 radical (unpaired) electrons. The Hall–Kier alpha value is -3.80. The Morgan fingerprint density at radius 3 is 2.33 bits per heavy atom. The summed E-state index contributed by atoms with van der Waals surface area (Å²) in [6.45, 7) is 1.23. The SMILES string of the molecule is COc1ccc2c(c1)CN(C(=O)C(Cc1ccccc1)NC(=O)OCc1ccccc1)CC2. The van der Waals surface area contributed by atoms with Crippen molar-refractivity contribution >= 4 is 12.0 Å². The normalized spacial score (nSPS) is 13.5. The Bertz CT molecular complexity index is 1090. The highest BCUT2D eigenvalue weighted by Gasteiger charge is 2.29. The maximum atomic E-state index is 13.5. The Balaban J connectivity index is 1.46. The van der Waals surface area contributed by atoms with E-state index in [0.29, 0.717) is 19.5 Å². The summed E-state index contributed by atoms with van der Waals surface area (Å²) in [5.41, 5.74) is 4.15. The molecule has 1 atom stereocenters. The second kappa shape index (κ2) is 10.7. The van der Waals surface area contributed by atoms with Crippen LogP contribution in [0.15, 0.2) is 78.9 Å². The van der Waals surface area contributed by atoms with Crippen LogP contribution in [0.1, 0.15) is 22.3 Å². The number of methoxy groups -OCH3 is 1. The first-order chi connectivity index (χ1) is 16.1. The van der Waals surface area contributed by atoms with E-state index in [1.807, 2.05) is 72.8 Å². The molecule has 1 N–H and O–H groups in total. The van der Waals surface area contributed by atoms with Crippen LogP contribution in [0.3, 0.4) is 0 Å². The van der Waals surface area contributed by atoms with E-state index in [0.717, 1.165) is 28.9 Å². The number of hydrogen-bond donors (Lipinski definition) is 1. The van der Waals surface area contributed by atoms with E-state index in [-0.39, 0.29) is 12.5 Å². The molecule has 0 bridgehead atoms. The van der Waals surface area contributed by atoms with Crippen molar-refractivity contribution in [3.8, 4) is 5.75 Å². The number of amides is 2. The summed E-state index contributed by atoms with van der Waals surface area (Å²) < 4.78 is 10.7. The third-order valence-corrected chi connectivity index (χ3v) is 5.82. The molecule has 6 heteroatoms. The molecule has 3 aromatic rings. The molecule has 3 aromatic carbocycles. The Kier molecular flexibility index (Phi) is 7.25. The van der Waals surface area contributed by atoms with Crippen LogP contribution < -0.4 is 10.1 Å². The Morgan fingerprint density at radius 1 is 0.939 bits per heavy atom. The summed E-state index contributed by atoms with van der Waals surface area (Å²) in [7, 11) is 1.63. The van der Waals surface area contributed by atoms with Gasteiger partial charge in [0, 0.05) is 19.5 Å². The molecule has 0 aliphatic carbocycles. The molecule has 0 saturated carbocycles. The number of hydrogen-bond acceptors (Lipinski definition) is 4. The van der Waals surface area contributed by atoms with E-state index < -0.39 is 12.1 Å². The van der Waals surface area contributed by atoms with Crippen LogP contribution in [0, 0.1) is 0 Å². The van der Waals surface area contributed by atoms with Crippen LogP contribution in [0.2, 0.25) is 0 Å². The number of nitrogens with one attached hydrogen (secondary N) is 1. The van der Waals surface area contributed by atoms with Gasteiger partial charge in [-0.25, -0.2) is 4.79 Å². The van der Waals surface area contributed by atoms with Gasteiger partial charge >= 0.3 is 6.09 Å². The summed E-state index contributed by atoms with van der Waals surface area (Å²) in [5, 5.41) is 2.80. The molecule has 0 aromatic heterocycles. The number of fused-ring (bicyclic) bond motifs is 1. The van der Waals surface area contributed by atoms with Gasteiger partial charge in [-0.1, -0.05) is 66.7 Å². The third-order valence-electron chi connectivity index (χ3n) is 5.82. The van der Waals surface area contributed by atoms with Crippen molar-refractivity contribution in [2.45, 2.75) is 32.0 Å². The summed E-state index contributed by atoms with van der Waals surface area (Å²) in [6.07, 6.45) is 0.551. The zero-order valence-corrected chi connectivity index (χ0v) is 18.7. The Labute approximate surface area is 194 Å². The molecule has 2 amide bonds. The second-order valence-corrected chi connectivity index (χ2v) is 8.09. The quantitative estimate of drug-likeness (QED) is 0.595. The van der Waals surface area contributed by atoms with Crippen LogP contribution >= 0.6 is 0 Å². The monoisotopic (exact) mass is 444 g/mol. The van der Waals surface area contributed by atoms with Crippen molar-refractivity contribution in [2.24, 2.45) is 0 Å². The van der Waals surface area contributed by atoms with Gasteiger partial charge in [0.25, 0.3) is 0 Å². The number of rotatable bonds is 7. The van der Waals surface area contributed by atoms with Crippen molar-refractivity contribution in [3.05, 3.63) is 101 Å². The number of nitrogens with zero attached hydrogens (tertiary/aromatic N) is 1. The van der Waals surface area contributed by atoms with Crippen LogP contribution in [-0.2, 0) is 35.5 Å². The molecule has 0 saturated heterocycles. The number of alkyl carbamates (subject to hydrolysis) is 1. The Morgan fingerprint density at radius 2 is 1.64 bits per heavy atom. The fraction of sp³-hybridized carbons (Fsp3) is 0.259. The minimum Gasteiger partial charge on any atom is -0.497 e. The summed E-state index contributed by atoms with van der Waals surface area (Å²) >= 11 is 0. The zero-order valence-electron chi connectivity index (χ0n) is 18.7. The average Bonchev–Trinajstić information content (AvgIpc) is 2.87. The highest BCUT2D eigenvalue weighted by Crippen LogP contribution is 2.24. The lowest BCUT2D eigenvalue weighted by molar-refractivity contribution is -0.134. The molecule has 1 aliphatic rings. The number of benzene rings is 3. The fourth-order valence-electron chi connectivity index (χ4n) is 4.03. The van der Waals surface area contributed by atoms with E-state index in [4.69, 9.17) is 9.47 Å². The molecular weight excluding hydrogens is 416 g/mol. The van der Waals surface area contributed by atoms with Gasteiger partial charge in [0.1, 0.15) is 18.4 Å². The van der Waals surface area contributed by atoms with Gasteiger partial charge < -0.3 is 19.7 Å². The summed E-state index contributed by atoms with van der Waals surface area (Å²) in [6, 6.07) is 24.4. The van der Waals surface area contributed by atoms with Gasteiger partial charge in [0.05, 0.1) is 7.11 Å². The van der Waals surface area contributed by atoms with Crippen LogP contribution in [0.4, 0.5) is 4.79 Å². The highest BCUT2D eigenvalue weighted by atomic mass is 16.5. The number of carbonyl (C=O) groups is 2. The highest BCUT2D eigenvalue weighted by molar-refractivity contribution is 5.86. The predicted octanol–water partition coefficient (Wildman–Crippen LogP) is 4.12. The van der Waals surface area contributed by atoms with E-state index in [2.05, 4.69) is 11.4 Å². The summed E-state index contributed by atoms with van der Waals surface area (Å²) in [5.74, 6) is 0.649. The topological polar surface area (TPSA) is 67.9 Å². The van der Waals surface area contributed by atoms with E-state index in [1.54, 1.807) is 12.0 Å². The molecule has 0 fully saturated rings. The predicted molar refractivity (Wildman–Crippen MR) is 126 cm³/mol. The maximum Gasteiger partial charge on any atom is 0.408 e.